The molecule has 1 aromatic heterocycles. The van der Waals surface area contributed by atoms with Crippen molar-refractivity contribution in [2.24, 2.45) is 0 Å². The molecule has 0 aliphatic carbocycles. The number of aryl methyl sites for hydroxylation is 1. The van der Waals surface area contributed by atoms with Gasteiger partial charge in [-0.25, -0.2) is 9.97 Å². The Morgan fingerprint density at radius 3 is 2.63 bits per heavy atom. The number of ether oxygens (including phenoxy) is 1. The van der Waals surface area contributed by atoms with Gasteiger partial charge in [-0.1, -0.05) is 12.1 Å². The average Bonchev–Trinajstić information content (AvgIpc) is 2.68. The number of nitrogens with one attached hydrogen (secondary N) is 2. The Morgan fingerprint density at radius 2 is 1.89 bits per heavy atom. The number of carbonyl (C=O) groups excluding carboxylic acids is 1. The maximum Gasteiger partial charge on any atom is 0.243 e. The van der Waals surface area contributed by atoms with Gasteiger partial charge in [-0.2, -0.15) is 0 Å². The van der Waals surface area contributed by atoms with Crippen molar-refractivity contribution in [1.82, 2.24) is 9.97 Å². The second-order valence-electron chi connectivity index (χ2n) is 5.93. The molecule has 6 nitrogen and oxygen atoms in total. The fourth-order valence-corrected chi connectivity index (χ4v) is 2.59. The van der Waals surface area contributed by atoms with E-state index in [1.807, 2.05) is 68.4 Å². The molecule has 0 fully saturated rings. The minimum absolute atomic E-state index is 0.123. The van der Waals surface area contributed by atoms with Crippen LogP contribution in [0.4, 0.5) is 11.4 Å². The molecule has 0 aliphatic heterocycles. The fraction of sp³-hybridized carbons (Fsp3) is 0.190. The quantitative estimate of drug-likeness (QED) is 0.667. The molecular formula is C21H22N4O2. The molecule has 3 aromatic rings. The molecule has 6 heteroatoms. The summed E-state index contributed by atoms with van der Waals surface area (Å²) in [7, 11) is 0. The van der Waals surface area contributed by atoms with Crippen molar-refractivity contribution in [2.75, 3.05) is 23.8 Å². The summed E-state index contributed by atoms with van der Waals surface area (Å²) < 4.78 is 5.39. The van der Waals surface area contributed by atoms with Gasteiger partial charge >= 0.3 is 0 Å². The van der Waals surface area contributed by atoms with E-state index in [0.717, 1.165) is 34.2 Å². The van der Waals surface area contributed by atoms with Crippen LogP contribution >= 0.6 is 0 Å². The summed E-state index contributed by atoms with van der Waals surface area (Å²) in [5.41, 5.74) is 3.41. The SMILES string of the molecule is CCOc1ccc(NC(=O)CNc2cccc(-c3ccnc(C)n3)c2)cc1. The predicted molar refractivity (Wildman–Crippen MR) is 107 cm³/mol. The lowest BCUT2D eigenvalue weighted by Crippen LogP contribution is -2.21. The van der Waals surface area contributed by atoms with Crippen LogP contribution in [-0.4, -0.2) is 29.0 Å². The van der Waals surface area contributed by atoms with Crippen LogP contribution in [0.2, 0.25) is 0 Å². The second-order valence-corrected chi connectivity index (χ2v) is 5.93. The van der Waals surface area contributed by atoms with E-state index in [0.29, 0.717) is 6.61 Å². The third kappa shape index (κ3) is 5.28. The first kappa shape index (κ1) is 18.4. The molecule has 0 aliphatic rings. The van der Waals surface area contributed by atoms with Crippen molar-refractivity contribution < 1.29 is 9.53 Å². The number of aromatic nitrogens is 2. The van der Waals surface area contributed by atoms with Crippen LogP contribution in [0.1, 0.15) is 12.7 Å². The van der Waals surface area contributed by atoms with Crippen LogP contribution in [0.3, 0.4) is 0 Å². The van der Waals surface area contributed by atoms with Crippen LogP contribution in [0, 0.1) is 6.92 Å². The van der Waals surface area contributed by atoms with E-state index < -0.39 is 0 Å². The minimum atomic E-state index is -0.123. The Kier molecular flexibility index (Phi) is 5.99. The molecule has 2 aromatic carbocycles. The maximum absolute atomic E-state index is 12.2. The van der Waals surface area contributed by atoms with E-state index in [9.17, 15) is 4.79 Å². The van der Waals surface area contributed by atoms with Gasteiger partial charge in [-0.05, 0) is 56.3 Å². The van der Waals surface area contributed by atoms with Crippen LogP contribution in [0.25, 0.3) is 11.3 Å². The normalized spacial score (nSPS) is 10.3. The van der Waals surface area contributed by atoms with E-state index in [-0.39, 0.29) is 12.5 Å². The third-order valence-electron chi connectivity index (χ3n) is 3.84. The standard InChI is InChI=1S/C21H22N4O2/c1-3-27-19-9-7-17(8-10-19)25-21(26)14-23-18-6-4-5-16(13-18)20-11-12-22-15(2)24-20/h4-13,23H,3,14H2,1-2H3,(H,25,26). The lowest BCUT2D eigenvalue weighted by molar-refractivity contribution is -0.114. The Labute approximate surface area is 158 Å². The number of anilines is 2. The molecule has 138 valence electrons. The van der Waals surface area contributed by atoms with Crippen molar-refractivity contribution in [3.8, 4) is 17.0 Å². The Hall–Kier alpha value is -3.41. The molecule has 0 saturated carbocycles. The molecule has 0 atom stereocenters. The fourth-order valence-electron chi connectivity index (χ4n) is 2.59. The van der Waals surface area contributed by atoms with Crippen LogP contribution < -0.4 is 15.4 Å². The highest BCUT2D eigenvalue weighted by Gasteiger charge is 2.05. The molecule has 0 radical (unpaired) electrons. The summed E-state index contributed by atoms with van der Waals surface area (Å²) in [4.78, 5) is 20.7. The van der Waals surface area contributed by atoms with Crippen LogP contribution in [-0.2, 0) is 4.79 Å². The molecule has 0 saturated heterocycles. The zero-order valence-corrected chi connectivity index (χ0v) is 15.4. The number of nitrogens with zero attached hydrogens (tertiary/aromatic N) is 2. The summed E-state index contributed by atoms with van der Waals surface area (Å²) in [5.74, 6) is 1.38. The first-order valence-electron chi connectivity index (χ1n) is 8.80. The molecule has 3 rings (SSSR count). The number of benzene rings is 2. The molecule has 0 bridgehead atoms. The maximum atomic E-state index is 12.2. The Balaban J connectivity index is 1.58. The number of hydrogen-bond donors (Lipinski definition) is 2. The van der Waals surface area contributed by atoms with Gasteiger partial charge in [0.2, 0.25) is 5.91 Å². The summed E-state index contributed by atoms with van der Waals surface area (Å²) >= 11 is 0. The van der Waals surface area contributed by atoms with Crippen LogP contribution in [0.5, 0.6) is 5.75 Å². The molecule has 0 unspecified atom stereocenters. The zero-order valence-electron chi connectivity index (χ0n) is 15.4. The number of amides is 1. The van der Waals surface area contributed by atoms with Gasteiger partial charge in [0.05, 0.1) is 18.8 Å². The highest BCUT2D eigenvalue weighted by atomic mass is 16.5. The van der Waals surface area contributed by atoms with Crippen molar-refractivity contribution in [3.63, 3.8) is 0 Å². The topological polar surface area (TPSA) is 76.1 Å². The largest absolute Gasteiger partial charge is 0.494 e. The number of hydrogen-bond acceptors (Lipinski definition) is 5. The van der Waals surface area contributed by atoms with E-state index in [4.69, 9.17) is 4.74 Å². The monoisotopic (exact) mass is 362 g/mol. The number of carbonyl (C=O) groups is 1. The highest BCUT2D eigenvalue weighted by molar-refractivity contribution is 5.93. The van der Waals surface area contributed by atoms with Crippen LogP contribution in [0.15, 0.2) is 60.8 Å². The first-order valence-corrected chi connectivity index (χ1v) is 8.80. The Morgan fingerprint density at radius 1 is 1.07 bits per heavy atom. The summed E-state index contributed by atoms with van der Waals surface area (Å²) in [6.45, 7) is 4.57. The molecule has 27 heavy (non-hydrogen) atoms. The van der Waals surface area contributed by atoms with Gasteiger partial charge in [-0.3, -0.25) is 4.79 Å². The van der Waals surface area contributed by atoms with Gasteiger partial charge in [0.15, 0.2) is 0 Å². The predicted octanol–water partition coefficient (Wildman–Crippen LogP) is 3.90. The third-order valence-corrected chi connectivity index (χ3v) is 3.84. The lowest BCUT2D eigenvalue weighted by atomic mass is 10.1. The van der Waals surface area contributed by atoms with Crippen molar-refractivity contribution >= 4 is 17.3 Å². The van der Waals surface area contributed by atoms with Crippen molar-refractivity contribution in [2.45, 2.75) is 13.8 Å². The van der Waals surface area contributed by atoms with Gasteiger partial charge in [0, 0.05) is 23.1 Å². The Bertz CT molecular complexity index is 910. The highest BCUT2D eigenvalue weighted by Crippen LogP contribution is 2.20. The lowest BCUT2D eigenvalue weighted by Gasteiger charge is -2.10. The second kappa shape index (κ2) is 8.80. The number of rotatable bonds is 7. The molecule has 2 N–H and O–H groups in total. The summed E-state index contributed by atoms with van der Waals surface area (Å²) in [5, 5.41) is 6.00. The average molecular weight is 362 g/mol. The van der Waals surface area contributed by atoms with E-state index in [2.05, 4.69) is 20.6 Å². The van der Waals surface area contributed by atoms with Gasteiger partial charge in [-0.15, -0.1) is 0 Å². The smallest absolute Gasteiger partial charge is 0.243 e. The molecule has 1 heterocycles. The van der Waals surface area contributed by atoms with Crippen molar-refractivity contribution in [1.29, 1.82) is 0 Å². The van der Waals surface area contributed by atoms with E-state index in [1.54, 1.807) is 6.20 Å². The van der Waals surface area contributed by atoms with Gasteiger partial charge < -0.3 is 15.4 Å². The molecule has 0 spiro atoms. The van der Waals surface area contributed by atoms with E-state index >= 15 is 0 Å². The summed E-state index contributed by atoms with van der Waals surface area (Å²) in [6.07, 6.45) is 1.74. The van der Waals surface area contributed by atoms with E-state index in [1.165, 1.54) is 0 Å². The van der Waals surface area contributed by atoms with Gasteiger partial charge in [0.25, 0.3) is 0 Å². The van der Waals surface area contributed by atoms with Crippen molar-refractivity contribution in [3.05, 3.63) is 66.6 Å². The zero-order chi connectivity index (χ0) is 19.1. The first-order chi connectivity index (χ1) is 13.1. The minimum Gasteiger partial charge on any atom is -0.494 e. The summed E-state index contributed by atoms with van der Waals surface area (Å²) in [6, 6.07) is 17.0. The molecular weight excluding hydrogens is 340 g/mol. The molecule has 1 amide bonds. The van der Waals surface area contributed by atoms with Gasteiger partial charge in [0.1, 0.15) is 11.6 Å².